The minimum Gasteiger partial charge on any atom is -0.394 e. The molecule has 1 rings (SSSR count). The van der Waals surface area contributed by atoms with Crippen LogP contribution in [0.15, 0.2) is 0 Å². The first-order chi connectivity index (χ1) is 27.7. The van der Waals surface area contributed by atoms with Crippen molar-refractivity contribution in [1.82, 2.24) is 5.32 Å². The minimum atomic E-state index is -1.66. The van der Waals surface area contributed by atoms with Crippen LogP contribution >= 0.6 is 0 Å². The fourth-order valence-electron chi connectivity index (χ4n) is 7.91. The van der Waals surface area contributed by atoms with Crippen molar-refractivity contribution in [3.05, 3.63) is 0 Å². The quantitative estimate of drug-likeness (QED) is 0.0283. The molecule has 8 N–H and O–H groups in total. The van der Waals surface area contributed by atoms with Crippen LogP contribution in [0.1, 0.15) is 219 Å². The predicted molar refractivity (Wildman–Crippen MR) is 229 cm³/mol. The highest BCUT2D eigenvalue weighted by Crippen LogP contribution is 2.23. The lowest BCUT2D eigenvalue weighted by Crippen LogP contribution is -2.60. The molecule has 9 atom stereocenters. The Balaban J connectivity index is 2.42. The first kappa shape index (κ1) is 54.1. The van der Waals surface area contributed by atoms with Gasteiger partial charge in [-0.15, -0.1) is 0 Å². The van der Waals surface area contributed by atoms with Gasteiger partial charge in [0, 0.05) is 0 Å². The van der Waals surface area contributed by atoms with Gasteiger partial charge < -0.3 is 50.5 Å². The van der Waals surface area contributed by atoms with Crippen LogP contribution in [0.3, 0.4) is 0 Å². The van der Waals surface area contributed by atoms with E-state index in [4.69, 9.17) is 9.47 Å². The summed E-state index contributed by atoms with van der Waals surface area (Å²) in [4.78, 5) is 13.1. The molecule has 57 heavy (non-hydrogen) atoms. The molecule has 11 heteroatoms. The molecule has 1 aliphatic heterocycles. The summed E-state index contributed by atoms with van der Waals surface area (Å²) >= 11 is 0. The number of ether oxygens (including phenoxy) is 2. The van der Waals surface area contributed by atoms with Crippen molar-refractivity contribution in [2.45, 2.75) is 274 Å². The monoisotopic (exact) mass is 818 g/mol. The molecular formula is C46H91NO10. The molecule has 1 fully saturated rings. The van der Waals surface area contributed by atoms with E-state index >= 15 is 0 Å². The molecule has 0 spiro atoms. The fourth-order valence-corrected chi connectivity index (χ4v) is 7.91. The van der Waals surface area contributed by atoms with E-state index in [0.29, 0.717) is 19.3 Å². The first-order valence-electron chi connectivity index (χ1n) is 23.9. The second-order valence-electron chi connectivity index (χ2n) is 17.2. The van der Waals surface area contributed by atoms with Gasteiger partial charge in [0.05, 0.1) is 25.4 Å². The third-order valence-electron chi connectivity index (χ3n) is 11.9. The Morgan fingerprint density at radius 2 is 0.912 bits per heavy atom. The molecule has 9 unspecified atom stereocenters. The maximum atomic E-state index is 13.1. The SMILES string of the molecule is CCCCCCCCCCCCCCCCCCCCC(O)C(O)C(COC1OC(CO)C(O)C(O)C1O)NC(=O)C(O)CCCCCCCCCCCCCC. The van der Waals surface area contributed by atoms with E-state index in [1.807, 2.05) is 0 Å². The molecule has 1 heterocycles. The zero-order valence-electron chi connectivity index (χ0n) is 36.6. The number of nitrogens with one attached hydrogen (secondary N) is 1. The van der Waals surface area contributed by atoms with Crippen molar-refractivity contribution in [2.24, 2.45) is 0 Å². The molecule has 11 nitrogen and oxygen atoms in total. The van der Waals surface area contributed by atoms with Crippen LogP contribution in [0.25, 0.3) is 0 Å². The molecule has 0 aromatic heterocycles. The smallest absolute Gasteiger partial charge is 0.249 e. The highest BCUT2D eigenvalue weighted by molar-refractivity contribution is 5.80. The van der Waals surface area contributed by atoms with Gasteiger partial charge in [-0.2, -0.15) is 0 Å². The summed E-state index contributed by atoms with van der Waals surface area (Å²) < 4.78 is 11.1. The van der Waals surface area contributed by atoms with Crippen molar-refractivity contribution < 1.29 is 50.0 Å². The van der Waals surface area contributed by atoms with Crippen LogP contribution in [0, 0.1) is 0 Å². The number of amides is 1. The molecule has 1 aliphatic rings. The fraction of sp³-hybridized carbons (Fsp3) is 0.978. The van der Waals surface area contributed by atoms with Gasteiger partial charge >= 0.3 is 0 Å². The molecule has 0 aliphatic carbocycles. The third-order valence-corrected chi connectivity index (χ3v) is 11.9. The van der Waals surface area contributed by atoms with Gasteiger partial charge in [-0.3, -0.25) is 4.79 Å². The minimum absolute atomic E-state index is 0.265. The highest BCUT2D eigenvalue weighted by Gasteiger charge is 2.44. The number of aliphatic hydroxyl groups is 7. The summed E-state index contributed by atoms with van der Waals surface area (Å²) in [5.74, 6) is -0.695. The molecule has 340 valence electrons. The Morgan fingerprint density at radius 1 is 0.544 bits per heavy atom. The predicted octanol–water partition coefficient (Wildman–Crippen LogP) is 7.89. The number of hydrogen-bond donors (Lipinski definition) is 8. The van der Waals surface area contributed by atoms with Crippen LogP contribution < -0.4 is 5.32 Å². The number of carbonyl (C=O) groups excluding carboxylic acids is 1. The maximum absolute atomic E-state index is 13.1. The molecule has 0 radical (unpaired) electrons. The molecule has 0 aromatic rings. The van der Waals surface area contributed by atoms with E-state index in [-0.39, 0.29) is 6.42 Å². The van der Waals surface area contributed by atoms with Crippen LogP contribution in [0.5, 0.6) is 0 Å². The average molecular weight is 818 g/mol. The van der Waals surface area contributed by atoms with E-state index in [2.05, 4.69) is 19.2 Å². The molecule has 1 saturated heterocycles. The largest absolute Gasteiger partial charge is 0.394 e. The molecule has 0 saturated carbocycles. The Kier molecular flexibility index (Phi) is 35.1. The van der Waals surface area contributed by atoms with E-state index in [1.165, 1.54) is 141 Å². The maximum Gasteiger partial charge on any atom is 0.249 e. The summed E-state index contributed by atoms with van der Waals surface area (Å²) in [5, 5.41) is 75.7. The van der Waals surface area contributed by atoms with Crippen molar-refractivity contribution >= 4 is 5.91 Å². The van der Waals surface area contributed by atoms with E-state index in [9.17, 15) is 40.5 Å². The van der Waals surface area contributed by atoms with Crippen LogP contribution in [-0.2, 0) is 14.3 Å². The summed E-state index contributed by atoms with van der Waals surface area (Å²) in [5.41, 5.74) is 0. The first-order valence-corrected chi connectivity index (χ1v) is 23.9. The third kappa shape index (κ3) is 26.8. The zero-order chi connectivity index (χ0) is 41.9. The lowest BCUT2D eigenvalue weighted by atomic mass is 9.98. The van der Waals surface area contributed by atoms with Gasteiger partial charge in [0.1, 0.15) is 36.6 Å². The van der Waals surface area contributed by atoms with E-state index < -0.39 is 74.2 Å². The van der Waals surface area contributed by atoms with Gasteiger partial charge in [0.25, 0.3) is 0 Å². The second kappa shape index (κ2) is 36.9. The Morgan fingerprint density at radius 3 is 1.30 bits per heavy atom. The lowest BCUT2D eigenvalue weighted by molar-refractivity contribution is -0.303. The summed E-state index contributed by atoms with van der Waals surface area (Å²) in [6, 6.07) is -1.16. The van der Waals surface area contributed by atoms with E-state index in [1.54, 1.807) is 0 Å². The standard InChI is InChI=1S/C46H91NO10/c1-3-5-7-9-11-13-15-17-18-19-20-21-22-24-25-27-29-31-33-38(49)41(51)37(36-56-46-44(54)43(53)42(52)40(35-48)57-46)47-45(55)39(50)34-32-30-28-26-23-16-14-12-10-8-6-4-2/h37-44,46,48-54H,3-36H2,1-2H3,(H,47,55). The molecule has 0 bridgehead atoms. The van der Waals surface area contributed by atoms with Gasteiger partial charge in [0.15, 0.2) is 6.29 Å². The lowest BCUT2D eigenvalue weighted by Gasteiger charge is -2.40. The number of rotatable bonds is 40. The summed E-state index contributed by atoms with van der Waals surface area (Å²) in [6.45, 7) is 3.45. The zero-order valence-corrected chi connectivity index (χ0v) is 36.6. The Bertz CT molecular complexity index is 897. The van der Waals surface area contributed by atoms with Crippen molar-refractivity contribution in [3.63, 3.8) is 0 Å². The molecule has 0 aromatic carbocycles. The number of carbonyl (C=O) groups is 1. The number of unbranched alkanes of at least 4 members (excludes halogenated alkanes) is 28. The van der Waals surface area contributed by atoms with Crippen molar-refractivity contribution in [2.75, 3.05) is 13.2 Å². The average Bonchev–Trinajstić information content (AvgIpc) is 3.21. The van der Waals surface area contributed by atoms with Crippen LogP contribution in [0.2, 0.25) is 0 Å². The normalized spacial score (nSPS) is 22.0. The highest BCUT2D eigenvalue weighted by atomic mass is 16.7. The van der Waals surface area contributed by atoms with Crippen molar-refractivity contribution in [1.29, 1.82) is 0 Å². The molecular weight excluding hydrogens is 727 g/mol. The van der Waals surface area contributed by atoms with Crippen molar-refractivity contribution in [3.8, 4) is 0 Å². The molecule has 1 amide bonds. The van der Waals surface area contributed by atoms with E-state index in [0.717, 1.165) is 38.5 Å². The van der Waals surface area contributed by atoms with Crippen LogP contribution in [0.4, 0.5) is 0 Å². The van der Waals surface area contributed by atoms with Gasteiger partial charge in [-0.25, -0.2) is 0 Å². The second-order valence-corrected chi connectivity index (χ2v) is 17.2. The topological polar surface area (TPSA) is 189 Å². The van der Waals surface area contributed by atoms with Crippen LogP contribution in [-0.4, -0.2) is 110 Å². The Hall–Kier alpha value is -0.890. The van der Waals surface area contributed by atoms with Gasteiger partial charge in [0.2, 0.25) is 5.91 Å². The summed E-state index contributed by atoms with van der Waals surface area (Å²) in [6.07, 6.45) is 25.8. The summed E-state index contributed by atoms with van der Waals surface area (Å²) in [7, 11) is 0. The Labute approximate surface area is 348 Å². The number of hydrogen-bond acceptors (Lipinski definition) is 10. The van der Waals surface area contributed by atoms with Gasteiger partial charge in [-0.1, -0.05) is 206 Å². The van der Waals surface area contributed by atoms with Gasteiger partial charge in [-0.05, 0) is 12.8 Å². The number of aliphatic hydroxyl groups excluding tert-OH is 7.